The van der Waals surface area contributed by atoms with E-state index >= 15 is 0 Å². The third-order valence-electron chi connectivity index (χ3n) is 5.66. The predicted molar refractivity (Wildman–Crippen MR) is 105 cm³/mol. The minimum Gasteiger partial charge on any atom is -0.461 e. The Morgan fingerprint density at radius 1 is 0.846 bits per heavy atom. The Morgan fingerprint density at radius 2 is 1.73 bits per heavy atom. The van der Waals surface area contributed by atoms with Crippen molar-refractivity contribution >= 4 is 32.8 Å². The van der Waals surface area contributed by atoms with E-state index in [-0.39, 0.29) is 0 Å². The molecule has 5 aromatic rings. The second-order valence-electron chi connectivity index (χ2n) is 7.14. The topological polar surface area (TPSA) is 31.0 Å². The minimum absolute atomic E-state index is 1.01. The molecule has 0 amide bonds. The van der Waals surface area contributed by atoms with Gasteiger partial charge >= 0.3 is 0 Å². The van der Waals surface area contributed by atoms with Crippen molar-refractivity contribution in [1.29, 1.82) is 0 Å². The Labute approximate surface area is 150 Å². The van der Waals surface area contributed by atoms with Crippen LogP contribution in [0, 0.1) is 0 Å². The van der Waals surface area contributed by atoms with Gasteiger partial charge in [0, 0.05) is 52.3 Å². The molecule has 0 radical (unpaired) electrons. The number of rotatable bonds is 1. The van der Waals surface area contributed by atoms with Crippen LogP contribution in [-0.4, -0.2) is 9.55 Å². The lowest BCUT2D eigenvalue weighted by Gasteiger charge is -2.08. The Bertz CT molecular complexity index is 1280. The fourth-order valence-corrected chi connectivity index (χ4v) is 4.47. The first-order valence-electron chi connectivity index (χ1n) is 9.28. The van der Waals surface area contributed by atoms with Crippen LogP contribution < -0.4 is 0 Å². The van der Waals surface area contributed by atoms with Crippen molar-refractivity contribution in [3.8, 4) is 5.69 Å². The van der Waals surface area contributed by atoms with Crippen molar-refractivity contribution in [2.24, 2.45) is 0 Å². The van der Waals surface area contributed by atoms with Crippen LogP contribution in [0.4, 0.5) is 0 Å². The molecule has 26 heavy (non-hydrogen) atoms. The largest absolute Gasteiger partial charge is 0.461 e. The number of aryl methyl sites for hydroxylation is 2. The van der Waals surface area contributed by atoms with Gasteiger partial charge in [-0.2, -0.15) is 0 Å². The van der Waals surface area contributed by atoms with Crippen molar-refractivity contribution in [1.82, 2.24) is 9.55 Å². The minimum atomic E-state index is 1.01. The predicted octanol–water partition coefficient (Wildman–Crippen LogP) is 5.80. The molecule has 0 bridgehead atoms. The van der Waals surface area contributed by atoms with Gasteiger partial charge in [-0.3, -0.25) is 4.98 Å². The second-order valence-corrected chi connectivity index (χ2v) is 7.14. The van der Waals surface area contributed by atoms with Gasteiger partial charge in [0.2, 0.25) is 0 Å². The number of hydrogen-bond acceptors (Lipinski definition) is 2. The molecule has 0 fully saturated rings. The molecule has 3 heteroatoms. The van der Waals surface area contributed by atoms with E-state index in [0.717, 1.165) is 24.1 Å². The van der Waals surface area contributed by atoms with Gasteiger partial charge in [-0.05, 0) is 43.5 Å². The molecule has 0 unspecified atom stereocenters. The maximum atomic E-state index is 6.26. The number of pyridine rings is 1. The lowest BCUT2D eigenvalue weighted by Crippen LogP contribution is -1.98. The van der Waals surface area contributed by atoms with Crippen LogP contribution in [-0.2, 0) is 12.8 Å². The maximum Gasteiger partial charge on any atom is 0.136 e. The summed E-state index contributed by atoms with van der Waals surface area (Å²) >= 11 is 0. The second kappa shape index (κ2) is 5.21. The molecule has 0 N–H and O–H groups in total. The van der Waals surface area contributed by atoms with Crippen molar-refractivity contribution in [3.63, 3.8) is 0 Å². The van der Waals surface area contributed by atoms with Crippen LogP contribution in [0.15, 0.2) is 65.3 Å². The third kappa shape index (κ3) is 1.86. The monoisotopic (exact) mass is 338 g/mol. The number of fused-ring (bicyclic) bond motifs is 6. The normalized spacial score (nSPS) is 14.3. The summed E-state index contributed by atoms with van der Waals surface area (Å²) in [5.41, 5.74) is 5.95. The standard InChI is InChI=1S/C23H18N2O/c1-2-6-15(7-3-1)25-20-10-11-24-14-19(20)17-12-18-16-8-4-5-9-22(16)26-23(18)13-21(17)25/h1-3,6-7,10-14H,4-5,8-9H2. The molecule has 0 saturated heterocycles. The summed E-state index contributed by atoms with van der Waals surface area (Å²) in [7, 11) is 0. The van der Waals surface area contributed by atoms with Crippen LogP contribution in [0.2, 0.25) is 0 Å². The first-order chi connectivity index (χ1) is 12.9. The summed E-state index contributed by atoms with van der Waals surface area (Å²) in [6.07, 6.45) is 8.53. The summed E-state index contributed by atoms with van der Waals surface area (Å²) < 4.78 is 8.57. The van der Waals surface area contributed by atoms with Crippen molar-refractivity contribution in [2.45, 2.75) is 25.7 Å². The number of aromatic nitrogens is 2. The van der Waals surface area contributed by atoms with Gasteiger partial charge in [-0.25, -0.2) is 0 Å². The van der Waals surface area contributed by atoms with E-state index in [1.54, 1.807) is 0 Å². The number of hydrogen-bond donors (Lipinski definition) is 0. The number of para-hydroxylation sites is 1. The molecular weight excluding hydrogens is 320 g/mol. The molecule has 0 aliphatic heterocycles. The summed E-state index contributed by atoms with van der Waals surface area (Å²) in [6.45, 7) is 0. The number of benzene rings is 2. The van der Waals surface area contributed by atoms with Gasteiger partial charge in [0.1, 0.15) is 11.3 Å². The summed E-state index contributed by atoms with van der Waals surface area (Å²) in [5.74, 6) is 1.19. The van der Waals surface area contributed by atoms with Gasteiger partial charge in [-0.1, -0.05) is 18.2 Å². The van der Waals surface area contributed by atoms with E-state index in [2.05, 4.69) is 58.1 Å². The Balaban J connectivity index is 1.78. The van der Waals surface area contributed by atoms with Crippen molar-refractivity contribution in [3.05, 3.63) is 72.2 Å². The van der Waals surface area contributed by atoms with Crippen molar-refractivity contribution in [2.75, 3.05) is 0 Å². The Morgan fingerprint density at radius 3 is 2.65 bits per heavy atom. The van der Waals surface area contributed by atoms with E-state index in [1.165, 1.54) is 51.4 Å². The van der Waals surface area contributed by atoms with Crippen LogP contribution in [0.3, 0.4) is 0 Å². The highest BCUT2D eigenvalue weighted by molar-refractivity contribution is 6.13. The van der Waals surface area contributed by atoms with Gasteiger partial charge in [0.05, 0.1) is 11.0 Å². The lowest BCUT2D eigenvalue weighted by molar-refractivity contribution is 0.506. The highest BCUT2D eigenvalue weighted by Gasteiger charge is 2.20. The van der Waals surface area contributed by atoms with Gasteiger partial charge in [0.15, 0.2) is 0 Å². The molecule has 6 rings (SSSR count). The fourth-order valence-electron chi connectivity index (χ4n) is 4.47. The molecule has 0 saturated carbocycles. The van der Waals surface area contributed by atoms with Crippen LogP contribution in [0.5, 0.6) is 0 Å². The fraction of sp³-hybridized carbons (Fsp3) is 0.174. The molecular formula is C23H18N2O. The van der Waals surface area contributed by atoms with E-state index < -0.39 is 0 Å². The molecule has 126 valence electrons. The van der Waals surface area contributed by atoms with E-state index in [0.29, 0.717) is 0 Å². The average molecular weight is 338 g/mol. The zero-order chi connectivity index (χ0) is 17.1. The average Bonchev–Trinajstić information content (AvgIpc) is 3.22. The summed E-state index contributed by atoms with van der Waals surface area (Å²) in [5, 5.41) is 3.72. The molecule has 3 heterocycles. The van der Waals surface area contributed by atoms with E-state index in [4.69, 9.17) is 4.42 Å². The number of nitrogens with zero attached hydrogens (tertiary/aromatic N) is 2. The third-order valence-corrected chi connectivity index (χ3v) is 5.66. The first kappa shape index (κ1) is 14.1. The molecule has 1 aliphatic carbocycles. The van der Waals surface area contributed by atoms with Gasteiger partial charge in [-0.15, -0.1) is 0 Å². The molecule has 3 nitrogen and oxygen atoms in total. The van der Waals surface area contributed by atoms with E-state index in [9.17, 15) is 0 Å². The molecule has 1 aliphatic rings. The Hall–Kier alpha value is -3.07. The van der Waals surface area contributed by atoms with Crippen molar-refractivity contribution < 1.29 is 4.42 Å². The van der Waals surface area contributed by atoms with Crippen LogP contribution in [0.1, 0.15) is 24.2 Å². The molecule has 0 atom stereocenters. The quantitative estimate of drug-likeness (QED) is 0.386. The van der Waals surface area contributed by atoms with Crippen LogP contribution in [0.25, 0.3) is 38.5 Å². The van der Waals surface area contributed by atoms with Gasteiger partial charge < -0.3 is 8.98 Å². The zero-order valence-electron chi connectivity index (χ0n) is 14.4. The highest BCUT2D eigenvalue weighted by atomic mass is 16.3. The Kier molecular flexibility index (Phi) is 2.83. The molecule has 3 aromatic heterocycles. The van der Waals surface area contributed by atoms with Crippen LogP contribution >= 0.6 is 0 Å². The van der Waals surface area contributed by atoms with Gasteiger partial charge in [0.25, 0.3) is 0 Å². The molecule has 2 aromatic carbocycles. The SMILES string of the molecule is c1ccc(-n2c3ccncc3c3cc4c5c(oc4cc32)CCCC5)cc1. The first-order valence-corrected chi connectivity index (χ1v) is 9.28. The zero-order valence-corrected chi connectivity index (χ0v) is 14.4. The summed E-state index contributed by atoms with van der Waals surface area (Å²) in [6, 6.07) is 17.2. The number of furan rings is 1. The highest BCUT2D eigenvalue weighted by Crippen LogP contribution is 2.38. The summed E-state index contributed by atoms with van der Waals surface area (Å²) in [4.78, 5) is 4.39. The smallest absolute Gasteiger partial charge is 0.136 e. The van der Waals surface area contributed by atoms with E-state index in [1.807, 2.05) is 12.4 Å². The lowest BCUT2D eigenvalue weighted by atomic mass is 9.95. The maximum absolute atomic E-state index is 6.26. The molecule has 0 spiro atoms.